The van der Waals surface area contributed by atoms with Crippen LogP contribution in [0.5, 0.6) is 0 Å². The van der Waals surface area contributed by atoms with E-state index in [1.165, 1.54) is 16.4 Å². The third-order valence-electron chi connectivity index (χ3n) is 4.53. The Morgan fingerprint density at radius 3 is 2.65 bits per heavy atom. The summed E-state index contributed by atoms with van der Waals surface area (Å²) in [5, 5.41) is 3.25. The van der Waals surface area contributed by atoms with Crippen LogP contribution in [0.15, 0.2) is 53.4 Å². The Morgan fingerprint density at radius 1 is 1.15 bits per heavy atom. The van der Waals surface area contributed by atoms with E-state index in [0.29, 0.717) is 17.3 Å². The van der Waals surface area contributed by atoms with E-state index < -0.39 is 10.0 Å². The molecule has 7 heteroatoms. The fourth-order valence-electron chi connectivity index (χ4n) is 3.13. The Labute approximate surface area is 159 Å². The third kappa shape index (κ3) is 4.09. The maximum Gasteiger partial charge on any atom is 0.255 e. The van der Waals surface area contributed by atoms with Gasteiger partial charge in [-0.1, -0.05) is 30.2 Å². The summed E-state index contributed by atoms with van der Waals surface area (Å²) in [5.74, 6) is -0.379. The van der Waals surface area contributed by atoms with Gasteiger partial charge in [-0.15, -0.1) is 0 Å². The molecule has 138 valence electrons. The molecule has 0 aliphatic carbocycles. The lowest BCUT2D eigenvalue weighted by Crippen LogP contribution is -2.41. The Morgan fingerprint density at radius 2 is 1.92 bits per heavy atom. The number of hydrogen-bond donors (Lipinski definition) is 1. The van der Waals surface area contributed by atoms with E-state index in [2.05, 4.69) is 5.32 Å². The smallest absolute Gasteiger partial charge is 0.255 e. The number of halogens is 1. The molecule has 1 N–H and O–H groups in total. The molecule has 1 heterocycles. The van der Waals surface area contributed by atoms with Crippen molar-refractivity contribution in [2.45, 2.75) is 37.1 Å². The van der Waals surface area contributed by atoms with E-state index >= 15 is 0 Å². The predicted molar refractivity (Wildman–Crippen MR) is 103 cm³/mol. The fraction of sp³-hybridized carbons (Fsp3) is 0.316. The average molecular weight is 393 g/mol. The number of nitrogens with zero attached hydrogens (tertiary/aromatic N) is 1. The summed E-state index contributed by atoms with van der Waals surface area (Å²) in [6, 6.07) is 12.9. The van der Waals surface area contributed by atoms with E-state index in [4.69, 9.17) is 11.6 Å². The van der Waals surface area contributed by atoms with Gasteiger partial charge in [-0.25, -0.2) is 8.42 Å². The molecular formula is C19H21ClN2O3S. The lowest BCUT2D eigenvalue weighted by molar-refractivity contribution is 0.102. The highest BCUT2D eigenvalue weighted by Gasteiger charge is 2.31. The fourth-order valence-corrected chi connectivity index (χ4v) is 5.07. The number of amides is 1. The zero-order chi connectivity index (χ0) is 18.7. The minimum Gasteiger partial charge on any atom is -0.322 e. The molecule has 26 heavy (non-hydrogen) atoms. The average Bonchev–Trinajstić information content (AvgIpc) is 2.62. The van der Waals surface area contributed by atoms with Gasteiger partial charge in [-0.3, -0.25) is 4.79 Å². The molecule has 0 aromatic heterocycles. The van der Waals surface area contributed by atoms with Crippen LogP contribution in [0.1, 0.15) is 36.5 Å². The van der Waals surface area contributed by atoms with Crippen molar-refractivity contribution in [3.63, 3.8) is 0 Å². The largest absolute Gasteiger partial charge is 0.322 e. The zero-order valence-corrected chi connectivity index (χ0v) is 16.1. The zero-order valence-electron chi connectivity index (χ0n) is 14.5. The second-order valence-corrected chi connectivity index (χ2v) is 8.78. The summed E-state index contributed by atoms with van der Waals surface area (Å²) in [7, 11) is -3.61. The quantitative estimate of drug-likeness (QED) is 0.849. The number of anilines is 1. The first-order chi connectivity index (χ1) is 12.4. The minimum absolute atomic E-state index is 0.0299. The normalized spacial score (nSPS) is 18.5. The molecule has 1 aliphatic heterocycles. The van der Waals surface area contributed by atoms with Crippen LogP contribution in [0.3, 0.4) is 0 Å². The van der Waals surface area contributed by atoms with Crippen molar-refractivity contribution in [2.24, 2.45) is 0 Å². The van der Waals surface area contributed by atoms with Crippen LogP contribution in [-0.2, 0) is 10.0 Å². The number of rotatable bonds is 4. The highest BCUT2D eigenvalue weighted by atomic mass is 35.5. The van der Waals surface area contributed by atoms with E-state index in [0.717, 1.165) is 19.3 Å². The molecule has 2 aromatic carbocycles. The maximum absolute atomic E-state index is 13.0. The molecule has 5 nitrogen and oxygen atoms in total. The minimum atomic E-state index is -3.61. The van der Waals surface area contributed by atoms with Crippen molar-refractivity contribution in [3.05, 3.63) is 59.1 Å². The lowest BCUT2D eigenvalue weighted by atomic mass is 10.1. The number of nitrogens with one attached hydrogen (secondary N) is 1. The SMILES string of the molecule is CC1CCCCN1S(=O)(=O)c1cccc(C(=O)Nc2cccc(Cl)c2)c1. The van der Waals surface area contributed by atoms with Crippen molar-refractivity contribution in [3.8, 4) is 0 Å². The van der Waals surface area contributed by atoms with Gasteiger partial charge in [0.05, 0.1) is 4.90 Å². The molecule has 3 rings (SSSR count). The van der Waals surface area contributed by atoms with Crippen LogP contribution in [0.2, 0.25) is 5.02 Å². The molecule has 1 unspecified atom stereocenters. The Balaban J connectivity index is 1.84. The van der Waals surface area contributed by atoms with Gasteiger partial charge in [0, 0.05) is 28.9 Å². The molecule has 1 atom stereocenters. The van der Waals surface area contributed by atoms with Crippen LogP contribution in [-0.4, -0.2) is 31.2 Å². The molecule has 0 saturated carbocycles. The number of carbonyl (C=O) groups is 1. The summed E-state index contributed by atoms with van der Waals surface area (Å²) < 4.78 is 27.4. The van der Waals surface area contributed by atoms with Gasteiger partial charge >= 0.3 is 0 Å². The molecule has 1 fully saturated rings. The van der Waals surface area contributed by atoms with E-state index in [1.54, 1.807) is 36.4 Å². The molecular weight excluding hydrogens is 372 g/mol. The third-order valence-corrected chi connectivity index (χ3v) is 6.77. The van der Waals surface area contributed by atoms with Gasteiger partial charge in [0.2, 0.25) is 10.0 Å². The first-order valence-corrected chi connectivity index (χ1v) is 10.4. The van der Waals surface area contributed by atoms with Crippen LogP contribution in [0.25, 0.3) is 0 Å². The second-order valence-electron chi connectivity index (χ2n) is 6.45. The topological polar surface area (TPSA) is 66.5 Å². The van der Waals surface area contributed by atoms with Crippen molar-refractivity contribution in [1.82, 2.24) is 4.31 Å². The van der Waals surface area contributed by atoms with Gasteiger partial charge in [-0.2, -0.15) is 4.31 Å². The summed E-state index contributed by atoms with van der Waals surface area (Å²) in [6.07, 6.45) is 2.75. The lowest BCUT2D eigenvalue weighted by Gasteiger charge is -2.32. The molecule has 0 spiro atoms. The van der Waals surface area contributed by atoms with Gasteiger partial charge in [0.15, 0.2) is 0 Å². The van der Waals surface area contributed by atoms with Crippen molar-refractivity contribution in [2.75, 3.05) is 11.9 Å². The van der Waals surface area contributed by atoms with E-state index in [-0.39, 0.29) is 22.4 Å². The first-order valence-electron chi connectivity index (χ1n) is 8.57. The van der Waals surface area contributed by atoms with Crippen LogP contribution >= 0.6 is 11.6 Å². The van der Waals surface area contributed by atoms with Gasteiger partial charge in [0.25, 0.3) is 5.91 Å². The number of sulfonamides is 1. The number of piperidine rings is 1. The summed E-state index contributed by atoms with van der Waals surface area (Å²) in [6.45, 7) is 2.44. The number of benzene rings is 2. The van der Waals surface area contributed by atoms with Crippen molar-refractivity contribution in [1.29, 1.82) is 0 Å². The van der Waals surface area contributed by atoms with Gasteiger partial charge in [0.1, 0.15) is 0 Å². The van der Waals surface area contributed by atoms with Gasteiger partial charge < -0.3 is 5.32 Å². The van der Waals surface area contributed by atoms with E-state index in [1.807, 2.05) is 6.92 Å². The Bertz CT molecular complexity index is 915. The highest BCUT2D eigenvalue weighted by molar-refractivity contribution is 7.89. The number of carbonyl (C=O) groups excluding carboxylic acids is 1. The Kier molecular flexibility index (Phi) is 5.65. The molecule has 1 aliphatic rings. The number of hydrogen-bond acceptors (Lipinski definition) is 3. The highest BCUT2D eigenvalue weighted by Crippen LogP contribution is 2.26. The molecule has 0 bridgehead atoms. The van der Waals surface area contributed by atoms with Crippen molar-refractivity contribution < 1.29 is 13.2 Å². The Hall–Kier alpha value is -1.89. The predicted octanol–water partition coefficient (Wildman–Crippen LogP) is 4.16. The summed E-state index contributed by atoms with van der Waals surface area (Å²) in [4.78, 5) is 12.6. The standard InChI is InChI=1S/C19H21ClN2O3S/c1-14-6-2-3-11-22(14)26(24,25)18-10-4-7-15(12-18)19(23)21-17-9-5-8-16(20)13-17/h4-5,7-10,12-14H,2-3,6,11H2,1H3,(H,21,23). The second kappa shape index (κ2) is 7.78. The van der Waals surface area contributed by atoms with Crippen LogP contribution in [0, 0.1) is 0 Å². The molecule has 1 amide bonds. The first kappa shape index (κ1) is 18.9. The summed E-state index contributed by atoms with van der Waals surface area (Å²) in [5.41, 5.74) is 0.844. The molecule has 2 aromatic rings. The maximum atomic E-state index is 13.0. The molecule has 0 radical (unpaired) electrons. The summed E-state index contributed by atoms with van der Waals surface area (Å²) >= 11 is 5.92. The van der Waals surface area contributed by atoms with Crippen LogP contribution < -0.4 is 5.32 Å². The van der Waals surface area contributed by atoms with Gasteiger partial charge in [-0.05, 0) is 56.2 Å². The van der Waals surface area contributed by atoms with Crippen molar-refractivity contribution >= 4 is 33.2 Å². The van der Waals surface area contributed by atoms with Crippen LogP contribution in [0.4, 0.5) is 5.69 Å². The molecule has 1 saturated heterocycles. The monoisotopic (exact) mass is 392 g/mol. The van der Waals surface area contributed by atoms with E-state index in [9.17, 15) is 13.2 Å².